The van der Waals surface area contributed by atoms with Crippen molar-refractivity contribution in [1.82, 2.24) is 0 Å². The molecule has 35 heavy (non-hydrogen) atoms. The van der Waals surface area contributed by atoms with Gasteiger partial charge >= 0.3 is 0 Å². The fourth-order valence-corrected chi connectivity index (χ4v) is 5.66. The van der Waals surface area contributed by atoms with Crippen LogP contribution in [0, 0.1) is 19.8 Å². The van der Waals surface area contributed by atoms with Gasteiger partial charge in [-0.3, -0.25) is 0 Å². The first-order chi connectivity index (χ1) is 17.2. The first kappa shape index (κ1) is 21.7. The van der Waals surface area contributed by atoms with Crippen LogP contribution in [0.5, 0.6) is 0 Å². The standard InChI is InChI=1S/C34H30O/c1-23-13-16-26(17-14-23)28-19-30(27-11-7-4-8-12-27)31(20-28)32-21-29(25-9-5-3-6-10-25)22-33(32)34-18-15-24(2)35-34/h3-19,21-22,29-31H,20H2,1-2H3. The van der Waals surface area contributed by atoms with Crippen LogP contribution in [0.15, 0.2) is 125 Å². The molecule has 0 aliphatic heterocycles. The van der Waals surface area contributed by atoms with Crippen LogP contribution >= 0.6 is 0 Å². The molecule has 3 unspecified atom stereocenters. The lowest BCUT2D eigenvalue weighted by Gasteiger charge is -2.23. The Morgan fingerprint density at radius 3 is 2.00 bits per heavy atom. The molecule has 0 amide bonds. The zero-order valence-corrected chi connectivity index (χ0v) is 20.3. The van der Waals surface area contributed by atoms with Crippen molar-refractivity contribution in [3.63, 3.8) is 0 Å². The number of rotatable bonds is 5. The van der Waals surface area contributed by atoms with Gasteiger partial charge in [-0.1, -0.05) is 109 Å². The van der Waals surface area contributed by atoms with Crippen LogP contribution in [-0.2, 0) is 0 Å². The van der Waals surface area contributed by atoms with Gasteiger partial charge in [0.15, 0.2) is 0 Å². The Hall–Kier alpha value is -3.84. The van der Waals surface area contributed by atoms with E-state index in [1.54, 1.807) is 0 Å². The minimum absolute atomic E-state index is 0.256. The Kier molecular flexibility index (Phi) is 5.62. The van der Waals surface area contributed by atoms with Crippen LogP contribution in [-0.4, -0.2) is 0 Å². The van der Waals surface area contributed by atoms with Crippen molar-refractivity contribution < 1.29 is 4.42 Å². The molecule has 0 N–H and O–H groups in total. The quantitative estimate of drug-likeness (QED) is 0.293. The summed E-state index contributed by atoms with van der Waals surface area (Å²) in [5.74, 6) is 2.87. The van der Waals surface area contributed by atoms with E-state index in [2.05, 4.69) is 122 Å². The van der Waals surface area contributed by atoms with Crippen molar-refractivity contribution in [3.05, 3.63) is 155 Å². The highest BCUT2D eigenvalue weighted by molar-refractivity contribution is 5.84. The second-order valence-electron chi connectivity index (χ2n) is 9.85. The highest BCUT2D eigenvalue weighted by Crippen LogP contribution is 2.52. The third kappa shape index (κ3) is 4.23. The van der Waals surface area contributed by atoms with Crippen LogP contribution in [0.1, 0.15) is 52.0 Å². The van der Waals surface area contributed by atoms with Gasteiger partial charge < -0.3 is 4.42 Å². The van der Waals surface area contributed by atoms with Crippen molar-refractivity contribution in [2.45, 2.75) is 32.1 Å². The topological polar surface area (TPSA) is 13.1 Å². The molecule has 3 atom stereocenters. The summed E-state index contributed by atoms with van der Waals surface area (Å²) >= 11 is 0. The van der Waals surface area contributed by atoms with E-state index in [1.165, 1.54) is 39.0 Å². The van der Waals surface area contributed by atoms with E-state index in [0.29, 0.717) is 11.8 Å². The summed E-state index contributed by atoms with van der Waals surface area (Å²) < 4.78 is 6.18. The largest absolute Gasteiger partial charge is 0.461 e. The van der Waals surface area contributed by atoms with Crippen molar-refractivity contribution in [2.24, 2.45) is 5.92 Å². The van der Waals surface area contributed by atoms with Gasteiger partial charge in [0, 0.05) is 17.4 Å². The van der Waals surface area contributed by atoms with Gasteiger partial charge in [-0.2, -0.15) is 0 Å². The molecule has 2 aliphatic carbocycles. The average molecular weight is 455 g/mol. The molecule has 6 rings (SSSR count). The average Bonchev–Trinajstić information content (AvgIpc) is 3.63. The third-order valence-electron chi connectivity index (χ3n) is 7.47. The lowest BCUT2D eigenvalue weighted by molar-refractivity contribution is 0.518. The van der Waals surface area contributed by atoms with Crippen LogP contribution in [0.25, 0.3) is 11.1 Å². The Labute approximate surface area is 208 Å². The summed E-state index contributed by atoms with van der Waals surface area (Å²) in [6.45, 7) is 4.17. The number of hydrogen-bond donors (Lipinski definition) is 0. The van der Waals surface area contributed by atoms with Gasteiger partial charge in [0.2, 0.25) is 0 Å². The number of allylic oxidation sites excluding steroid dienone is 6. The molecule has 0 spiro atoms. The monoisotopic (exact) mass is 454 g/mol. The second kappa shape index (κ2) is 9.07. The minimum Gasteiger partial charge on any atom is -0.461 e. The predicted octanol–water partition coefficient (Wildman–Crippen LogP) is 8.89. The maximum atomic E-state index is 6.18. The van der Waals surface area contributed by atoms with Gasteiger partial charge in [-0.15, -0.1) is 0 Å². The molecule has 0 saturated heterocycles. The Balaban J connectivity index is 1.44. The zero-order chi connectivity index (χ0) is 23.8. The summed E-state index contributed by atoms with van der Waals surface area (Å²) in [7, 11) is 0. The molecule has 1 heterocycles. The summed E-state index contributed by atoms with van der Waals surface area (Å²) in [5.41, 5.74) is 9.41. The lowest BCUT2D eigenvalue weighted by Crippen LogP contribution is -2.10. The number of furan rings is 1. The van der Waals surface area contributed by atoms with Crippen LogP contribution in [0.2, 0.25) is 0 Å². The molecule has 0 bridgehead atoms. The number of hydrogen-bond acceptors (Lipinski definition) is 1. The molecule has 2 aliphatic rings. The van der Waals surface area contributed by atoms with E-state index in [9.17, 15) is 0 Å². The molecular weight excluding hydrogens is 424 g/mol. The maximum absolute atomic E-state index is 6.18. The second-order valence-corrected chi connectivity index (χ2v) is 9.85. The van der Waals surface area contributed by atoms with E-state index >= 15 is 0 Å². The molecule has 1 nitrogen and oxygen atoms in total. The third-order valence-corrected chi connectivity index (χ3v) is 7.47. The molecule has 0 fully saturated rings. The molecular formula is C34H30O. The molecule has 1 heteroatoms. The van der Waals surface area contributed by atoms with Gasteiger partial charge in [-0.05, 0) is 66.2 Å². The first-order valence-corrected chi connectivity index (χ1v) is 12.5. The van der Waals surface area contributed by atoms with E-state index in [0.717, 1.165) is 17.9 Å². The van der Waals surface area contributed by atoms with E-state index < -0.39 is 0 Å². The smallest absolute Gasteiger partial charge is 0.134 e. The van der Waals surface area contributed by atoms with Crippen LogP contribution in [0.3, 0.4) is 0 Å². The van der Waals surface area contributed by atoms with Crippen molar-refractivity contribution in [1.29, 1.82) is 0 Å². The minimum atomic E-state index is 0.256. The van der Waals surface area contributed by atoms with Crippen molar-refractivity contribution in [2.75, 3.05) is 0 Å². The summed E-state index contributed by atoms with van der Waals surface area (Å²) in [5, 5.41) is 0. The van der Waals surface area contributed by atoms with E-state index in [1.807, 2.05) is 6.92 Å². The van der Waals surface area contributed by atoms with Gasteiger partial charge in [-0.25, -0.2) is 0 Å². The van der Waals surface area contributed by atoms with Crippen LogP contribution < -0.4 is 0 Å². The highest BCUT2D eigenvalue weighted by Gasteiger charge is 2.36. The number of benzene rings is 3. The highest BCUT2D eigenvalue weighted by atomic mass is 16.3. The van der Waals surface area contributed by atoms with Crippen molar-refractivity contribution >= 4 is 11.1 Å². The Morgan fingerprint density at radius 1 is 0.657 bits per heavy atom. The van der Waals surface area contributed by atoms with E-state index in [4.69, 9.17) is 4.42 Å². The zero-order valence-electron chi connectivity index (χ0n) is 20.3. The molecule has 4 aromatic rings. The summed E-state index contributed by atoms with van der Waals surface area (Å²) in [6, 6.07) is 35.0. The molecule has 0 radical (unpaired) electrons. The summed E-state index contributed by atoms with van der Waals surface area (Å²) in [4.78, 5) is 0. The van der Waals surface area contributed by atoms with Crippen LogP contribution in [0.4, 0.5) is 0 Å². The predicted molar refractivity (Wildman–Crippen MR) is 145 cm³/mol. The normalized spacial score (nSPS) is 21.5. The SMILES string of the molecule is Cc1ccc(C2=CC(c3ccccc3)C(C3=CC(c4ccccc4)C=C3c3ccc(C)o3)C2)cc1. The van der Waals surface area contributed by atoms with Gasteiger partial charge in [0.05, 0.1) is 0 Å². The number of aryl methyl sites for hydroxylation is 2. The van der Waals surface area contributed by atoms with E-state index in [-0.39, 0.29) is 5.92 Å². The lowest BCUT2D eigenvalue weighted by atomic mass is 9.80. The fraction of sp³-hybridized carbons (Fsp3) is 0.176. The fourth-order valence-electron chi connectivity index (χ4n) is 5.66. The molecule has 0 saturated carbocycles. The van der Waals surface area contributed by atoms with Gasteiger partial charge in [0.25, 0.3) is 0 Å². The first-order valence-electron chi connectivity index (χ1n) is 12.5. The molecule has 1 aromatic heterocycles. The summed E-state index contributed by atoms with van der Waals surface area (Å²) in [6.07, 6.45) is 8.41. The van der Waals surface area contributed by atoms with Crippen molar-refractivity contribution in [3.8, 4) is 0 Å². The van der Waals surface area contributed by atoms with Gasteiger partial charge in [0.1, 0.15) is 11.5 Å². The Bertz CT molecular complexity index is 1410. The Morgan fingerprint density at radius 2 is 1.34 bits per heavy atom. The molecule has 3 aromatic carbocycles. The maximum Gasteiger partial charge on any atom is 0.134 e. The molecule has 172 valence electrons.